The van der Waals surface area contributed by atoms with Crippen LogP contribution in [0.15, 0.2) is 24.3 Å². The second-order valence-corrected chi connectivity index (χ2v) is 4.55. The number of nitrogens with zero attached hydrogens (tertiary/aromatic N) is 1. The van der Waals surface area contributed by atoms with Crippen molar-refractivity contribution < 1.29 is 4.79 Å². The minimum Gasteiger partial charge on any atom is -0.336 e. The molecule has 1 aromatic rings. The van der Waals surface area contributed by atoms with Crippen LogP contribution in [0.4, 0.5) is 0 Å². The zero-order chi connectivity index (χ0) is 11.5. The summed E-state index contributed by atoms with van der Waals surface area (Å²) in [6, 6.07) is 7.42. The summed E-state index contributed by atoms with van der Waals surface area (Å²) in [4.78, 5) is 14.0. The third kappa shape index (κ3) is 2.54. The molecule has 3 nitrogen and oxygen atoms in total. The summed E-state index contributed by atoms with van der Waals surface area (Å²) in [6.45, 7) is 4.48. The smallest absolute Gasteiger partial charge is 0.253 e. The number of nitrogens with one attached hydrogen (secondary N) is 1. The maximum absolute atomic E-state index is 12.1. The third-order valence-corrected chi connectivity index (χ3v) is 3.00. The zero-order valence-corrected chi connectivity index (χ0v) is 10.00. The molecule has 1 N–H and O–H groups in total. The highest BCUT2D eigenvalue weighted by atomic mass is 35.5. The molecule has 16 heavy (non-hydrogen) atoms. The SMILES string of the molecule is C[C@@H]1CN(C(=O)c2ccc(Cl)cc2)CCN1. The van der Waals surface area contributed by atoms with Gasteiger partial charge in [-0.3, -0.25) is 4.79 Å². The Morgan fingerprint density at radius 1 is 1.44 bits per heavy atom. The molecule has 1 aliphatic rings. The van der Waals surface area contributed by atoms with Gasteiger partial charge >= 0.3 is 0 Å². The van der Waals surface area contributed by atoms with E-state index in [2.05, 4.69) is 12.2 Å². The summed E-state index contributed by atoms with van der Waals surface area (Å²) in [5, 5.41) is 3.97. The van der Waals surface area contributed by atoms with E-state index in [1.54, 1.807) is 24.3 Å². The van der Waals surface area contributed by atoms with Gasteiger partial charge in [-0.15, -0.1) is 0 Å². The van der Waals surface area contributed by atoms with Crippen LogP contribution in [0.1, 0.15) is 17.3 Å². The summed E-state index contributed by atoms with van der Waals surface area (Å²) < 4.78 is 0. The lowest BCUT2D eigenvalue weighted by Crippen LogP contribution is -2.51. The van der Waals surface area contributed by atoms with Gasteiger partial charge in [0.25, 0.3) is 5.91 Å². The largest absolute Gasteiger partial charge is 0.336 e. The number of halogens is 1. The number of carbonyl (C=O) groups excluding carboxylic acids is 1. The Hall–Kier alpha value is -1.06. The maximum atomic E-state index is 12.1. The fraction of sp³-hybridized carbons (Fsp3) is 0.417. The predicted octanol–water partition coefficient (Wildman–Crippen LogP) is 1.77. The molecule has 1 aromatic carbocycles. The Balaban J connectivity index is 2.09. The normalized spacial score (nSPS) is 20.9. The van der Waals surface area contributed by atoms with Crippen molar-refractivity contribution in [1.82, 2.24) is 10.2 Å². The van der Waals surface area contributed by atoms with Gasteiger partial charge in [-0.2, -0.15) is 0 Å². The standard InChI is InChI=1S/C12H15ClN2O/c1-9-8-15(7-6-14-9)12(16)10-2-4-11(13)5-3-10/h2-5,9,14H,6-8H2,1H3/t9-/m1/s1. The van der Waals surface area contributed by atoms with Gasteiger partial charge in [-0.25, -0.2) is 0 Å². The molecular weight excluding hydrogens is 224 g/mol. The van der Waals surface area contributed by atoms with Gasteiger partial charge in [0.2, 0.25) is 0 Å². The molecular formula is C12H15ClN2O. The van der Waals surface area contributed by atoms with Crippen molar-refractivity contribution in [3.63, 3.8) is 0 Å². The van der Waals surface area contributed by atoms with Crippen molar-refractivity contribution in [3.05, 3.63) is 34.9 Å². The summed E-state index contributed by atoms with van der Waals surface area (Å²) >= 11 is 5.79. The first-order valence-corrected chi connectivity index (χ1v) is 5.83. The number of rotatable bonds is 1. The topological polar surface area (TPSA) is 32.3 Å². The fourth-order valence-electron chi connectivity index (χ4n) is 1.89. The van der Waals surface area contributed by atoms with E-state index in [-0.39, 0.29) is 5.91 Å². The molecule has 1 atom stereocenters. The van der Waals surface area contributed by atoms with Crippen LogP contribution >= 0.6 is 11.6 Å². The average molecular weight is 239 g/mol. The van der Waals surface area contributed by atoms with E-state index in [0.29, 0.717) is 16.6 Å². The van der Waals surface area contributed by atoms with Gasteiger partial charge < -0.3 is 10.2 Å². The van der Waals surface area contributed by atoms with Crippen LogP contribution in [0.2, 0.25) is 5.02 Å². The van der Waals surface area contributed by atoms with E-state index in [1.807, 2.05) is 4.90 Å². The molecule has 1 aliphatic heterocycles. The summed E-state index contributed by atoms with van der Waals surface area (Å²) in [5.74, 6) is 0.0880. The molecule has 0 aromatic heterocycles. The van der Waals surface area contributed by atoms with Crippen LogP contribution in [0.3, 0.4) is 0 Å². The quantitative estimate of drug-likeness (QED) is 0.809. The highest BCUT2D eigenvalue weighted by molar-refractivity contribution is 6.30. The molecule has 86 valence electrons. The van der Waals surface area contributed by atoms with Crippen molar-refractivity contribution in [2.24, 2.45) is 0 Å². The molecule has 1 heterocycles. The molecule has 1 fully saturated rings. The van der Waals surface area contributed by atoms with E-state index < -0.39 is 0 Å². The molecule has 4 heteroatoms. The van der Waals surface area contributed by atoms with Gasteiger partial charge in [0.15, 0.2) is 0 Å². The van der Waals surface area contributed by atoms with E-state index in [9.17, 15) is 4.79 Å². The molecule has 0 unspecified atom stereocenters. The van der Waals surface area contributed by atoms with Crippen LogP contribution < -0.4 is 5.32 Å². The van der Waals surface area contributed by atoms with E-state index in [0.717, 1.165) is 19.6 Å². The first kappa shape index (κ1) is 11.4. The summed E-state index contributed by atoms with van der Waals surface area (Å²) in [5.41, 5.74) is 0.707. The molecule has 0 spiro atoms. The van der Waals surface area contributed by atoms with Crippen molar-refractivity contribution >= 4 is 17.5 Å². The number of carbonyl (C=O) groups is 1. The van der Waals surface area contributed by atoms with Gasteiger partial charge in [0, 0.05) is 36.3 Å². The number of benzene rings is 1. The number of amides is 1. The van der Waals surface area contributed by atoms with Crippen LogP contribution in [-0.2, 0) is 0 Å². The lowest BCUT2D eigenvalue weighted by atomic mass is 10.1. The second kappa shape index (κ2) is 4.85. The highest BCUT2D eigenvalue weighted by Crippen LogP contribution is 2.12. The van der Waals surface area contributed by atoms with Gasteiger partial charge in [0.1, 0.15) is 0 Å². The van der Waals surface area contributed by atoms with Crippen LogP contribution in [0.25, 0.3) is 0 Å². The molecule has 0 aliphatic carbocycles. The molecule has 0 bridgehead atoms. The zero-order valence-electron chi connectivity index (χ0n) is 9.24. The molecule has 2 rings (SSSR count). The van der Waals surface area contributed by atoms with E-state index >= 15 is 0 Å². The molecule has 1 saturated heterocycles. The van der Waals surface area contributed by atoms with E-state index in [4.69, 9.17) is 11.6 Å². The molecule has 1 amide bonds. The van der Waals surface area contributed by atoms with Crippen LogP contribution in [0.5, 0.6) is 0 Å². The molecule has 0 saturated carbocycles. The second-order valence-electron chi connectivity index (χ2n) is 4.11. The first-order valence-electron chi connectivity index (χ1n) is 5.45. The lowest BCUT2D eigenvalue weighted by molar-refractivity contribution is 0.0709. The van der Waals surface area contributed by atoms with E-state index in [1.165, 1.54) is 0 Å². The Labute approximate surface area is 100 Å². The van der Waals surface area contributed by atoms with Crippen LogP contribution in [0, 0.1) is 0 Å². The number of hydrogen-bond donors (Lipinski definition) is 1. The van der Waals surface area contributed by atoms with Crippen molar-refractivity contribution in [2.45, 2.75) is 13.0 Å². The van der Waals surface area contributed by atoms with Gasteiger partial charge in [0.05, 0.1) is 0 Å². The Morgan fingerprint density at radius 3 is 2.75 bits per heavy atom. The van der Waals surface area contributed by atoms with Crippen molar-refractivity contribution in [1.29, 1.82) is 0 Å². The summed E-state index contributed by atoms with van der Waals surface area (Å²) in [6.07, 6.45) is 0. The Morgan fingerprint density at radius 2 is 2.12 bits per heavy atom. The van der Waals surface area contributed by atoms with Crippen LogP contribution in [-0.4, -0.2) is 36.5 Å². The van der Waals surface area contributed by atoms with Gasteiger partial charge in [-0.1, -0.05) is 11.6 Å². The summed E-state index contributed by atoms with van der Waals surface area (Å²) in [7, 11) is 0. The minimum absolute atomic E-state index is 0.0880. The van der Waals surface area contributed by atoms with Gasteiger partial charge in [-0.05, 0) is 31.2 Å². The first-order chi connectivity index (χ1) is 7.66. The highest BCUT2D eigenvalue weighted by Gasteiger charge is 2.21. The fourth-order valence-corrected chi connectivity index (χ4v) is 2.02. The monoisotopic (exact) mass is 238 g/mol. The predicted molar refractivity (Wildman–Crippen MR) is 64.8 cm³/mol. The number of hydrogen-bond acceptors (Lipinski definition) is 2. The third-order valence-electron chi connectivity index (χ3n) is 2.75. The maximum Gasteiger partial charge on any atom is 0.253 e. The number of piperazine rings is 1. The minimum atomic E-state index is 0.0880. The lowest BCUT2D eigenvalue weighted by Gasteiger charge is -2.31. The Bertz CT molecular complexity index is 377. The average Bonchev–Trinajstić information content (AvgIpc) is 2.29. The van der Waals surface area contributed by atoms with Crippen molar-refractivity contribution in [2.75, 3.05) is 19.6 Å². The van der Waals surface area contributed by atoms with Crippen molar-refractivity contribution in [3.8, 4) is 0 Å². The molecule has 0 radical (unpaired) electrons. The Kier molecular flexibility index (Phi) is 3.46.